The number of carbonyl (C=O) groups excluding carboxylic acids is 1. The summed E-state index contributed by atoms with van der Waals surface area (Å²) in [5, 5.41) is 7.70. The second-order valence-electron chi connectivity index (χ2n) is 8.44. The number of hydrogen-bond donors (Lipinski definition) is 3. The highest BCUT2D eigenvalue weighted by Gasteiger charge is 2.26. The van der Waals surface area contributed by atoms with Crippen LogP contribution in [0.3, 0.4) is 0 Å². The molecule has 0 aliphatic carbocycles. The molecule has 2 aromatic heterocycles. The van der Waals surface area contributed by atoms with Gasteiger partial charge in [-0.1, -0.05) is 23.7 Å². The maximum Gasteiger partial charge on any atom is 0.333 e. The number of aromatic nitrogens is 3. The van der Waals surface area contributed by atoms with E-state index in [4.69, 9.17) is 11.6 Å². The molecule has 8 nitrogen and oxygen atoms in total. The molecule has 3 heterocycles. The van der Waals surface area contributed by atoms with E-state index in [1.54, 1.807) is 54.1 Å². The molecule has 33 heavy (non-hydrogen) atoms. The fraction of sp³-hybridized carbons (Fsp3) is 0.292. The lowest BCUT2D eigenvalue weighted by Crippen LogP contribution is -2.38. The van der Waals surface area contributed by atoms with E-state index >= 15 is 0 Å². The number of aromatic amines is 1. The van der Waals surface area contributed by atoms with Gasteiger partial charge in [0.05, 0.1) is 22.1 Å². The number of rotatable bonds is 4. The molecule has 0 atom stereocenters. The summed E-state index contributed by atoms with van der Waals surface area (Å²) in [6, 6.07) is 12.0. The van der Waals surface area contributed by atoms with Crippen molar-refractivity contribution in [2.24, 2.45) is 13.0 Å². The van der Waals surface area contributed by atoms with Gasteiger partial charge in [-0.05, 0) is 62.2 Å². The van der Waals surface area contributed by atoms with Crippen molar-refractivity contribution < 1.29 is 4.79 Å². The lowest BCUT2D eigenvalue weighted by molar-refractivity contribution is 0.0936. The van der Waals surface area contributed by atoms with Crippen LogP contribution >= 0.6 is 11.6 Å². The third kappa shape index (κ3) is 3.75. The molecule has 0 saturated carbocycles. The van der Waals surface area contributed by atoms with Gasteiger partial charge in [0, 0.05) is 24.0 Å². The minimum atomic E-state index is -0.612. The Morgan fingerprint density at radius 3 is 2.67 bits per heavy atom. The van der Waals surface area contributed by atoms with E-state index < -0.39 is 11.2 Å². The van der Waals surface area contributed by atoms with Crippen LogP contribution in [0.4, 0.5) is 0 Å². The predicted molar refractivity (Wildman–Crippen MR) is 130 cm³/mol. The Hall–Kier alpha value is -3.36. The van der Waals surface area contributed by atoms with Gasteiger partial charge in [-0.15, -0.1) is 0 Å². The molecule has 1 saturated heterocycles. The number of carbonyl (C=O) groups is 1. The Morgan fingerprint density at radius 1 is 1.12 bits per heavy atom. The topological polar surface area (TPSA) is 101 Å². The lowest BCUT2D eigenvalue weighted by Gasteiger charge is -2.23. The first-order valence-electron chi connectivity index (χ1n) is 11.0. The molecular weight excluding hydrogens is 442 g/mol. The molecular formula is C24H24ClN5O3. The van der Waals surface area contributed by atoms with Crippen molar-refractivity contribution >= 4 is 39.3 Å². The van der Waals surface area contributed by atoms with Crippen LogP contribution in [-0.2, 0) is 7.05 Å². The predicted octanol–water partition coefficient (Wildman–Crippen LogP) is 2.55. The molecule has 170 valence electrons. The van der Waals surface area contributed by atoms with Crippen LogP contribution in [0.15, 0.2) is 52.1 Å². The first kappa shape index (κ1) is 21.5. The molecule has 9 heteroatoms. The summed E-state index contributed by atoms with van der Waals surface area (Å²) in [5.74, 6) is 0.0485. The van der Waals surface area contributed by atoms with E-state index in [1.807, 2.05) is 0 Å². The molecule has 0 radical (unpaired) electrons. The Labute approximate surface area is 194 Å². The van der Waals surface area contributed by atoms with Gasteiger partial charge in [0.15, 0.2) is 0 Å². The van der Waals surface area contributed by atoms with Crippen LogP contribution < -0.4 is 21.9 Å². The zero-order valence-electron chi connectivity index (χ0n) is 18.2. The van der Waals surface area contributed by atoms with Gasteiger partial charge in [-0.3, -0.25) is 9.59 Å². The number of benzene rings is 2. The number of halogens is 1. The van der Waals surface area contributed by atoms with Crippen molar-refractivity contribution in [2.75, 3.05) is 19.6 Å². The van der Waals surface area contributed by atoms with E-state index in [0.717, 1.165) is 30.5 Å². The van der Waals surface area contributed by atoms with Crippen LogP contribution in [0.25, 0.3) is 27.5 Å². The summed E-state index contributed by atoms with van der Waals surface area (Å²) in [6.45, 7) is 2.39. The fourth-order valence-corrected chi connectivity index (χ4v) is 4.83. The summed E-state index contributed by atoms with van der Waals surface area (Å²) in [5.41, 5.74) is 0.506. The molecule has 1 aliphatic rings. The summed E-state index contributed by atoms with van der Waals surface area (Å²) in [4.78, 5) is 42.7. The number of H-pyrrole nitrogens is 1. The van der Waals surface area contributed by atoms with Crippen molar-refractivity contribution in [3.8, 4) is 5.69 Å². The van der Waals surface area contributed by atoms with Crippen molar-refractivity contribution in [1.82, 2.24) is 24.8 Å². The molecule has 1 amide bonds. The highest BCUT2D eigenvalue weighted by molar-refractivity contribution is 6.31. The monoisotopic (exact) mass is 465 g/mol. The number of piperidine rings is 1. The van der Waals surface area contributed by atoms with Crippen LogP contribution in [0.2, 0.25) is 5.02 Å². The number of amides is 1. The van der Waals surface area contributed by atoms with Gasteiger partial charge in [0.1, 0.15) is 5.69 Å². The van der Waals surface area contributed by atoms with Gasteiger partial charge >= 0.3 is 5.69 Å². The van der Waals surface area contributed by atoms with Crippen LogP contribution in [-0.4, -0.2) is 39.7 Å². The zero-order valence-corrected chi connectivity index (χ0v) is 18.9. The fourth-order valence-electron chi connectivity index (χ4n) is 4.66. The Balaban J connectivity index is 1.71. The molecule has 0 spiro atoms. The van der Waals surface area contributed by atoms with Gasteiger partial charge in [0.25, 0.3) is 11.5 Å². The van der Waals surface area contributed by atoms with Gasteiger partial charge < -0.3 is 20.2 Å². The first-order valence-corrected chi connectivity index (χ1v) is 11.3. The normalized spacial score (nSPS) is 14.7. The highest BCUT2D eigenvalue weighted by atomic mass is 35.5. The van der Waals surface area contributed by atoms with E-state index in [1.165, 1.54) is 0 Å². The number of para-hydroxylation sites is 1. The molecule has 0 unspecified atom stereocenters. The van der Waals surface area contributed by atoms with Gasteiger partial charge in [0.2, 0.25) is 0 Å². The summed E-state index contributed by atoms with van der Waals surface area (Å²) >= 11 is 6.27. The molecule has 0 bridgehead atoms. The number of hydrogen-bond acceptors (Lipinski definition) is 4. The largest absolute Gasteiger partial charge is 0.350 e. The highest BCUT2D eigenvalue weighted by Crippen LogP contribution is 2.30. The molecule has 1 aliphatic heterocycles. The van der Waals surface area contributed by atoms with Crippen molar-refractivity contribution in [3.05, 3.63) is 74.0 Å². The SMILES string of the molecule is Cn1c(C(=O)NCC2CCNCC2)c(-n2c(=O)[nH]c3ccccc3c2=O)c2cc(Cl)ccc21. The Bertz CT molecular complexity index is 1490. The Morgan fingerprint density at radius 2 is 1.88 bits per heavy atom. The van der Waals surface area contributed by atoms with Crippen LogP contribution in [0, 0.1) is 5.92 Å². The minimum absolute atomic E-state index is 0.231. The number of fused-ring (bicyclic) bond motifs is 2. The van der Waals surface area contributed by atoms with E-state index in [2.05, 4.69) is 15.6 Å². The summed E-state index contributed by atoms with van der Waals surface area (Å²) < 4.78 is 2.75. The quantitative estimate of drug-likeness (QED) is 0.431. The molecule has 5 rings (SSSR count). The van der Waals surface area contributed by atoms with Crippen LogP contribution in [0.5, 0.6) is 0 Å². The molecule has 4 aromatic rings. The summed E-state index contributed by atoms with van der Waals surface area (Å²) in [7, 11) is 1.75. The molecule has 3 N–H and O–H groups in total. The van der Waals surface area contributed by atoms with Gasteiger partial charge in [-0.2, -0.15) is 0 Å². The summed E-state index contributed by atoms with van der Waals surface area (Å²) in [6.07, 6.45) is 1.98. The van der Waals surface area contributed by atoms with Crippen molar-refractivity contribution in [3.63, 3.8) is 0 Å². The Kier molecular flexibility index (Phi) is 5.55. The van der Waals surface area contributed by atoms with Crippen molar-refractivity contribution in [2.45, 2.75) is 12.8 Å². The maximum absolute atomic E-state index is 13.4. The zero-order chi connectivity index (χ0) is 23.1. The van der Waals surface area contributed by atoms with E-state index in [0.29, 0.717) is 39.3 Å². The second kappa shape index (κ2) is 8.53. The van der Waals surface area contributed by atoms with E-state index in [-0.39, 0.29) is 17.3 Å². The standard InChI is InChI=1S/C24H24ClN5O3/c1-29-19-7-6-15(25)12-17(19)20(21(29)22(31)27-13-14-8-10-26-11-9-14)30-23(32)16-4-2-3-5-18(16)28-24(30)33/h2-7,12,14,26H,8-11,13H2,1H3,(H,27,31)(H,28,33). The van der Waals surface area contributed by atoms with E-state index in [9.17, 15) is 14.4 Å². The number of nitrogens with zero attached hydrogens (tertiary/aromatic N) is 2. The maximum atomic E-state index is 13.4. The lowest BCUT2D eigenvalue weighted by atomic mass is 9.98. The average Bonchev–Trinajstić information content (AvgIpc) is 3.09. The second-order valence-corrected chi connectivity index (χ2v) is 8.87. The van der Waals surface area contributed by atoms with Crippen molar-refractivity contribution in [1.29, 1.82) is 0 Å². The average molecular weight is 466 g/mol. The molecule has 1 fully saturated rings. The number of aryl methyl sites for hydroxylation is 1. The molecule has 2 aromatic carbocycles. The minimum Gasteiger partial charge on any atom is -0.350 e. The third-order valence-corrected chi connectivity index (χ3v) is 6.62. The van der Waals surface area contributed by atoms with Gasteiger partial charge in [-0.25, -0.2) is 9.36 Å². The third-order valence-electron chi connectivity index (χ3n) is 6.39. The number of nitrogens with one attached hydrogen (secondary N) is 3. The smallest absolute Gasteiger partial charge is 0.333 e. The first-order chi connectivity index (χ1) is 16.0. The van der Waals surface area contributed by atoms with Crippen LogP contribution in [0.1, 0.15) is 23.3 Å².